The van der Waals surface area contributed by atoms with Gasteiger partial charge < -0.3 is 10.2 Å². The average Bonchev–Trinajstić information content (AvgIpc) is 1.88. The summed E-state index contributed by atoms with van der Waals surface area (Å²) < 4.78 is 0. The number of aliphatic hydroxyl groups is 2. The first-order valence-electron chi connectivity index (χ1n) is 2.75. The van der Waals surface area contributed by atoms with Crippen molar-refractivity contribution in [2.24, 2.45) is 0 Å². The molecule has 0 atom stereocenters. The molecule has 0 spiro atoms. The fourth-order valence-electron chi connectivity index (χ4n) is 0. The Morgan fingerprint density at radius 3 is 1.11 bits per heavy atom. The molecule has 0 bridgehead atoms. The smallest absolute Gasteiger partial charge is 0.566 e. The Balaban J connectivity index is -0.0000000720. The molecule has 9 heavy (non-hydrogen) atoms. The molecule has 0 rings (SSSR count). The van der Waals surface area contributed by atoms with Gasteiger partial charge in [0.05, 0.1) is 0 Å². The van der Waals surface area contributed by atoms with Crippen molar-refractivity contribution in [3.05, 3.63) is 13.2 Å². The van der Waals surface area contributed by atoms with E-state index in [2.05, 4.69) is 0 Å². The predicted octanol–water partition coefficient (Wildman–Crippen LogP) is 1.48. The third-order valence-electron chi connectivity index (χ3n) is 0.365. The summed E-state index contributed by atoms with van der Waals surface area (Å²) in [7, 11) is 0. The van der Waals surface area contributed by atoms with Crippen molar-refractivity contribution in [2.45, 2.75) is 26.7 Å². The number of aliphatic hydroxyl groups excluding tert-OH is 2. The van der Waals surface area contributed by atoms with Crippen LogP contribution in [0, 0.1) is 13.2 Å². The molecule has 0 unspecified atom stereocenters. The molecule has 0 saturated heterocycles. The van der Waals surface area contributed by atoms with Gasteiger partial charge in [-0.25, -0.2) is 13.2 Å². The molecular formula is C6H14MgO2. The molecule has 0 aliphatic heterocycles. The van der Waals surface area contributed by atoms with Crippen LogP contribution in [0.4, 0.5) is 0 Å². The van der Waals surface area contributed by atoms with E-state index in [4.69, 9.17) is 10.2 Å². The first-order chi connectivity index (χ1) is 3.83. The Labute approximate surface area is 73.4 Å². The van der Waals surface area contributed by atoms with E-state index >= 15 is 0 Å². The van der Waals surface area contributed by atoms with Crippen molar-refractivity contribution in [1.82, 2.24) is 0 Å². The van der Waals surface area contributed by atoms with Crippen LogP contribution in [0.3, 0.4) is 0 Å². The maximum atomic E-state index is 7.75. The van der Waals surface area contributed by atoms with Crippen LogP contribution in [0.2, 0.25) is 0 Å². The minimum absolute atomic E-state index is 0. The Morgan fingerprint density at radius 1 is 1.00 bits per heavy atom. The maximum Gasteiger partial charge on any atom is 2.00 e. The van der Waals surface area contributed by atoms with Crippen LogP contribution in [0.25, 0.3) is 0 Å². The molecule has 0 heterocycles. The standard InChI is InChI=1S/2C3H7O.Mg/c2*1-2-3-4;/h2*3-4H,2H2,1H3;/q2*-1;+2. The van der Waals surface area contributed by atoms with E-state index in [-0.39, 0.29) is 23.1 Å². The number of rotatable bonds is 2. The zero-order valence-electron chi connectivity index (χ0n) is 6.17. The Hall–Kier alpha value is 0.686. The second-order valence-corrected chi connectivity index (χ2v) is 1.18. The van der Waals surface area contributed by atoms with E-state index in [1.165, 1.54) is 0 Å². The van der Waals surface area contributed by atoms with Gasteiger partial charge in [0.25, 0.3) is 0 Å². The van der Waals surface area contributed by atoms with Gasteiger partial charge in [-0.1, -0.05) is 13.8 Å². The van der Waals surface area contributed by atoms with Crippen LogP contribution in [0.5, 0.6) is 0 Å². The quantitative estimate of drug-likeness (QED) is 0.453. The van der Waals surface area contributed by atoms with E-state index in [0.29, 0.717) is 0 Å². The van der Waals surface area contributed by atoms with Crippen molar-refractivity contribution in [3.63, 3.8) is 0 Å². The van der Waals surface area contributed by atoms with E-state index < -0.39 is 0 Å². The predicted molar refractivity (Wildman–Crippen MR) is 38.8 cm³/mol. The minimum Gasteiger partial charge on any atom is -0.566 e. The van der Waals surface area contributed by atoms with Gasteiger partial charge in [-0.15, -0.1) is 0 Å². The third-order valence-corrected chi connectivity index (χ3v) is 0.365. The van der Waals surface area contributed by atoms with Crippen LogP contribution >= 0.6 is 0 Å². The van der Waals surface area contributed by atoms with Crippen LogP contribution in [0.1, 0.15) is 26.7 Å². The first-order valence-corrected chi connectivity index (χ1v) is 2.75. The van der Waals surface area contributed by atoms with Gasteiger partial charge in [-0.05, 0) is 0 Å². The van der Waals surface area contributed by atoms with Crippen molar-refractivity contribution < 1.29 is 10.2 Å². The van der Waals surface area contributed by atoms with Gasteiger partial charge in [-0.2, -0.15) is 12.8 Å². The van der Waals surface area contributed by atoms with Gasteiger partial charge in [0.1, 0.15) is 0 Å². The van der Waals surface area contributed by atoms with Crippen molar-refractivity contribution >= 4 is 23.1 Å². The molecule has 2 N–H and O–H groups in total. The van der Waals surface area contributed by atoms with E-state index in [9.17, 15) is 0 Å². The molecule has 0 aliphatic carbocycles. The number of hydrogen-bond acceptors (Lipinski definition) is 2. The molecule has 0 aromatic heterocycles. The molecule has 2 nitrogen and oxygen atoms in total. The van der Waals surface area contributed by atoms with Gasteiger partial charge >= 0.3 is 23.1 Å². The third kappa shape index (κ3) is 53.8. The van der Waals surface area contributed by atoms with Gasteiger partial charge in [-0.3, -0.25) is 0 Å². The van der Waals surface area contributed by atoms with Crippen LogP contribution in [-0.2, 0) is 0 Å². The Bertz CT molecular complexity index is 19.0. The second-order valence-electron chi connectivity index (χ2n) is 1.18. The maximum absolute atomic E-state index is 7.75. The van der Waals surface area contributed by atoms with E-state index in [0.717, 1.165) is 26.1 Å². The van der Waals surface area contributed by atoms with Gasteiger partial charge in [0.2, 0.25) is 0 Å². The minimum atomic E-state index is 0. The van der Waals surface area contributed by atoms with Crippen molar-refractivity contribution in [3.8, 4) is 0 Å². The molecule has 0 aromatic rings. The second kappa shape index (κ2) is 23.4. The molecule has 0 radical (unpaired) electrons. The largest absolute Gasteiger partial charge is 2.00 e. The topological polar surface area (TPSA) is 40.5 Å². The van der Waals surface area contributed by atoms with Crippen molar-refractivity contribution in [2.75, 3.05) is 0 Å². The average molecular weight is 142 g/mol. The molecule has 52 valence electrons. The zero-order valence-corrected chi connectivity index (χ0v) is 7.58. The summed E-state index contributed by atoms with van der Waals surface area (Å²) in [5.41, 5.74) is 0. The van der Waals surface area contributed by atoms with Gasteiger partial charge in [0.15, 0.2) is 0 Å². The molecule has 0 saturated carbocycles. The summed E-state index contributed by atoms with van der Waals surface area (Å²) in [5, 5.41) is 15.5. The summed E-state index contributed by atoms with van der Waals surface area (Å²) in [6, 6.07) is 0. The Morgan fingerprint density at radius 2 is 1.11 bits per heavy atom. The summed E-state index contributed by atoms with van der Waals surface area (Å²) in [4.78, 5) is 0. The first kappa shape index (κ1) is 16.3. The fraction of sp³-hybridized carbons (Fsp3) is 0.667. The SMILES string of the molecule is CC[CH-]O.CC[CH-]O.[Mg+2]. The van der Waals surface area contributed by atoms with Crippen LogP contribution in [0.15, 0.2) is 0 Å². The summed E-state index contributed by atoms with van der Waals surface area (Å²) in [5.74, 6) is 0. The van der Waals surface area contributed by atoms with E-state index in [1.807, 2.05) is 13.8 Å². The molecule has 3 heteroatoms. The summed E-state index contributed by atoms with van der Waals surface area (Å²) in [6.07, 6.45) is 1.50. The number of hydrogen-bond donors (Lipinski definition) is 2. The van der Waals surface area contributed by atoms with E-state index in [1.54, 1.807) is 0 Å². The zero-order chi connectivity index (χ0) is 6.83. The Kier molecular flexibility index (Phi) is 42.4. The molecule has 0 amide bonds. The molecule has 0 aromatic carbocycles. The van der Waals surface area contributed by atoms with Crippen molar-refractivity contribution in [1.29, 1.82) is 0 Å². The molecule has 0 aliphatic rings. The van der Waals surface area contributed by atoms with Crippen LogP contribution in [-0.4, -0.2) is 33.3 Å². The van der Waals surface area contributed by atoms with Crippen LogP contribution < -0.4 is 0 Å². The summed E-state index contributed by atoms with van der Waals surface area (Å²) >= 11 is 0. The monoisotopic (exact) mass is 142 g/mol. The summed E-state index contributed by atoms with van der Waals surface area (Å²) in [6.45, 7) is 6.00. The van der Waals surface area contributed by atoms with Gasteiger partial charge in [0, 0.05) is 0 Å². The molecule has 0 fully saturated rings. The molecular weight excluding hydrogens is 128 g/mol. The normalized spacial score (nSPS) is 6.67. The fourth-order valence-corrected chi connectivity index (χ4v) is 0.